The van der Waals surface area contributed by atoms with Gasteiger partial charge in [0.25, 0.3) is 0 Å². The second-order valence-corrected chi connectivity index (χ2v) is 8.73. The standard InChI is InChI=1S/C24H25BrN4O/c1-16-5-7-18(8-6-16)20-13-26-24(27-14-20)29-11-3-4-19(15-29)23(30)28-21-9-10-22(25)17(2)12-21/h5-10,12-14,19H,3-4,11,15H2,1-2H3,(H,28,30)/t19-/m1/s1. The lowest BCUT2D eigenvalue weighted by molar-refractivity contribution is -0.120. The first-order chi connectivity index (χ1) is 14.5. The summed E-state index contributed by atoms with van der Waals surface area (Å²) in [6.45, 7) is 5.58. The third-order valence-electron chi connectivity index (χ3n) is 5.52. The summed E-state index contributed by atoms with van der Waals surface area (Å²) in [5.41, 5.74) is 5.26. The molecular weight excluding hydrogens is 440 g/mol. The van der Waals surface area contributed by atoms with Gasteiger partial charge in [-0.1, -0.05) is 45.8 Å². The van der Waals surface area contributed by atoms with E-state index in [1.165, 1.54) is 5.56 Å². The number of aromatic nitrogens is 2. The van der Waals surface area contributed by atoms with E-state index in [0.29, 0.717) is 12.5 Å². The molecule has 1 aromatic heterocycles. The molecule has 0 spiro atoms. The summed E-state index contributed by atoms with van der Waals surface area (Å²) in [6, 6.07) is 14.2. The van der Waals surface area contributed by atoms with Gasteiger partial charge in [0.15, 0.2) is 0 Å². The number of amides is 1. The Balaban J connectivity index is 1.42. The maximum Gasteiger partial charge on any atom is 0.229 e. The number of piperidine rings is 1. The van der Waals surface area contributed by atoms with Crippen LogP contribution in [0.5, 0.6) is 0 Å². The largest absolute Gasteiger partial charge is 0.340 e. The number of nitrogens with zero attached hydrogens (tertiary/aromatic N) is 3. The van der Waals surface area contributed by atoms with Crippen LogP contribution in [0.25, 0.3) is 11.1 Å². The average Bonchev–Trinajstić information content (AvgIpc) is 2.77. The minimum absolute atomic E-state index is 0.0534. The van der Waals surface area contributed by atoms with Crippen molar-refractivity contribution < 1.29 is 4.79 Å². The Morgan fingerprint density at radius 3 is 2.50 bits per heavy atom. The lowest BCUT2D eigenvalue weighted by atomic mass is 9.97. The minimum Gasteiger partial charge on any atom is -0.340 e. The molecule has 1 aliphatic rings. The molecule has 1 amide bonds. The first kappa shape index (κ1) is 20.5. The maximum absolute atomic E-state index is 12.8. The maximum atomic E-state index is 12.8. The molecule has 0 saturated carbocycles. The summed E-state index contributed by atoms with van der Waals surface area (Å²) in [5, 5.41) is 3.06. The summed E-state index contributed by atoms with van der Waals surface area (Å²) in [4.78, 5) is 24.1. The molecule has 0 radical (unpaired) electrons. The molecule has 5 nitrogen and oxygen atoms in total. The lowest BCUT2D eigenvalue weighted by Gasteiger charge is -2.32. The van der Waals surface area contributed by atoms with E-state index in [-0.39, 0.29) is 11.8 Å². The van der Waals surface area contributed by atoms with E-state index in [2.05, 4.69) is 67.3 Å². The van der Waals surface area contributed by atoms with Gasteiger partial charge in [-0.2, -0.15) is 0 Å². The van der Waals surface area contributed by atoms with Crippen molar-refractivity contribution in [2.75, 3.05) is 23.3 Å². The molecule has 0 bridgehead atoms. The molecule has 1 aliphatic heterocycles. The second-order valence-electron chi connectivity index (χ2n) is 7.88. The highest BCUT2D eigenvalue weighted by molar-refractivity contribution is 9.10. The first-order valence-electron chi connectivity index (χ1n) is 10.2. The fourth-order valence-electron chi connectivity index (χ4n) is 3.72. The summed E-state index contributed by atoms with van der Waals surface area (Å²) < 4.78 is 1.04. The van der Waals surface area contributed by atoms with E-state index in [0.717, 1.165) is 46.2 Å². The highest BCUT2D eigenvalue weighted by Gasteiger charge is 2.27. The van der Waals surface area contributed by atoms with Gasteiger partial charge in [-0.05, 0) is 56.0 Å². The third kappa shape index (κ3) is 4.70. The predicted molar refractivity (Wildman–Crippen MR) is 125 cm³/mol. The van der Waals surface area contributed by atoms with Crippen LogP contribution >= 0.6 is 15.9 Å². The van der Waals surface area contributed by atoms with Gasteiger partial charge in [-0.15, -0.1) is 0 Å². The number of anilines is 2. The molecule has 1 fully saturated rings. The summed E-state index contributed by atoms with van der Waals surface area (Å²) >= 11 is 3.50. The summed E-state index contributed by atoms with van der Waals surface area (Å²) in [7, 11) is 0. The highest BCUT2D eigenvalue weighted by atomic mass is 79.9. The molecule has 1 saturated heterocycles. The van der Waals surface area contributed by atoms with Crippen molar-refractivity contribution in [3.63, 3.8) is 0 Å². The Kier molecular flexibility index (Phi) is 6.13. The van der Waals surface area contributed by atoms with Gasteiger partial charge in [-0.3, -0.25) is 4.79 Å². The number of carbonyl (C=O) groups excluding carboxylic acids is 1. The zero-order valence-corrected chi connectivity index (χ0v) is 18.8. The van der Waals surface area contributed by atoms with Crippen molar-refractivity contribution in [2.24, 2.45) is 5.92 Å². The van der Waals surface area contributed by atoms with Crippen LogP contribution in [0.15, 0.2) is 59.3 Å². The van der Waals surface area contributed by atoms with E-state index in [4.69, 9.17) is 0 Å². The van der Waals surface area contributed by atoms with Gasteiger partial charge in [0.2, 0.25) is 11.9 Å². The highest BCUT2D eigenvalue weighted by Crippen LogP contribution is 2.25. The molecule has 0 aliphatic carbocycles. The van der Waals surface area contributed by atoms with E-state index < -0.39 is 0 Å². The zero-order chi connectivity index (χ0) is 21.1. The molecule has 30 heavy (non-hydrogen) atoms. The van der Waals surface area contributed by atoms with Crippen LogP contribution in [0.2, 0.25) is 0 Å². The number of carbonyl (C=O) groups is 1. The van der Waals surface area contributed by atoms with Crippen molar-refractivity contribution in [2.45, 2.75) is 26.7 Å². The number of halogens is 1. The van der Waals surface area contributed by atoms with Crippen molar-refractivity contribution >= 4 is 33.5 Å². The molecule has 2 aromatic carbocycles. The summed E-state index contributed by atoms with van der Waals surface area (Å²) in [6.07, 6.45) is 5.54. The Morgan fingerprint density at radius 1 is 1.07 bits per heavy atom. The van der Waals surface area contributed by atoms with E-state index in [1.54, 1.807) is 0 Å². The van der Waals surface area contributed by atoms with Gasteiger partial charge < -0.3 is 10.2 Å². The number of hydrogen-bond donors (Lipinski definition) is 1. The van der Waals surface area contributed by atoms with Crippen molar-refractivity contribution in [1.29, 1.82) is 0 Å². The summed E-state index contributed by atoms with van der Waals surface area (Å²) in [5.74, 6) is 0.656. The predicted octanol–water partition coefficient (Wildman–Crippen LogP) is 5.38. The molecule has 4 rings (SSSR count). The number of hydrogen-bond acceptors (Lipinski definition) is 4. The van der Waals surface area contributed by atoms with Gasteiger partial charge in [0.05, 0.1) is 5.92 Å². The smallest absolute Gasteiger partial charge is 0.229 e. The molecule has 154 valence electrons. The van der Waals surface area contributed by atoms with Crippen LogP contribution < -0.4 is 10.2 Å². The van der Waals surface area contributed by atoms with Crippen molar-refractivity contribution in [3.05, 3.63) is 70.5 Å². The Hall–Kier alpha value is -2.73. The molecular formula is C24H25BrN4O. The molecule has 2 heterocycles. The molecule has 0 unspecified atom stereocenters. The minimum atomic E-state index is -0.0805. The number of aryl methyl sites for hydroxylation is 2. The fraction of sp³-hybridized carbons (Fsp3) is 0.292. The zero-order valence-electron chi connectivity index (χ0n) is 17.2. The molecule has 3 aromatic rings. The van der Waals surface area contributed by atoms with Gasteiger partial charge >= 0.3 is 0 Å². The van der Waals surface area contributed by atoms with Crippen LogP contribution in [-0.4, -0.2) is 29.0 Å². The first-order valence-corrected chi connectivity index (χ1v) is 11.0. The fourth-order valence-corrected chi connectivity index (χ4v) is 3.97. The van der Waals surface area contributed by atoms with Gasteiger partial charge in [0.1, 0.15) is 0 Å². The molecule has 6 heteroatoms. The van der Waals surface area contributed by atoms with Crippen LogP contribution in [0.4, 0.5) is 11.6 Å². The Morgan fingerprint density at radius 2 is 1.80 bits per heavy atom. The van der Waals surface area contributed by atoms with E-state index in [1.807, 2.05) is 37.5 Å². The lowest BCUT2D eigenvalue weighted by Crippen LogP contribution is -2.41. The van der Waals surface area contributed by atoms with Crippen LogP contribution in [0.1, 0.15) is 24.0 Å². The van der Waals surface area contributed by atoms with Crippen molar-refractivity contribution in [1.82, 2.24) is 9.97 Å². The van der Waals surface area contributed by atoms with Gasteiger partial charge in [-0.25, -0.2) is 9.97 Å². The third-order valence-corrected chi connectivity index (χ3v) is 6.41. The molecule has 1 N–H and O–H groups in total. The number of rotatable bonds is 4. The monoisotopic (exact) mass is 464 g/mol. The second kappa shape index (κ2) is 8.96. The SMILES string of the molecule is Cc1ccc(-c2cnc(N3CCC[C@@H](C(=O)Nc4ccc(Br)c(C)c4)C3)nc2)cc1. The normalized spacial score (nSPS) is 16.4. The average molecular weight is 465 g/mol. The quantitative estimate of drug-likeness (QED) is 0.562. The van der Waals surface area contributed by atoms with Gasteiger partial charge in [0, 0.05) is 41.2 Å². The molecule has 1 atom stereocenters. The topological polar surface area (TPSA) is 58.1 Å². The van der Waals surface area contributed by atoms with Crippen LogP contribution in [0.3, 0.4) is 0 Å². The Bertz CT molecular complexity index is 1030. The number of nitrogens with one attached hydrogen (secondary N) is 1. The van der Waals surface area contributed by atoms with E-state index >= 15 is 0 Å². The number of benzene rings is 2. The van der Waals surface area contributed by atoms with Crippen LogP contribution in [-0.2, 0) is 4.79 Å². The van der Waals surface area contributed by atoms with E-state index in [9.17, 15) is 4.79 Å². The van der Waals surface area contributed by atoms with Crippen molar-refractivity contribution in [3.8, 4) is 11.1 Å². The van der Waals surface area contributed by atoms with Crippen LogP contribution in [0, 0.1) is 19.8 Å². The Labute approximate surface area is 185 Å².